The zero-order valence-electron chi connectivity index (χ0n) is 27.0. The van der Waals surface area contributed by atoms with E-state index in [9.17, 15) is 0 Å². The zero-order chi connectivity index (χ0) is 33.0. The lowest BCUT2D eigenvalue weighted by Gasteiger charge is -2.12. The zero-order valence-corrected chi connectivity index (χ0v) is 27.0. The summed E-state index contributed by atoms with van der Waals surface area (Å²) in [6, 6.07) is 61.3. The summed E-state index contributed by atoms with van der Waals surface area (Å²) in [5.74, 6) is 0.693. The van der Waals surface area contributed by atoms with E-state index in [0.29, 0.717) is 5.82 Å². The predicted molar refractivity (Wildman–Crippen MR) is 205 cm³/mol. The van der Waals surface area contributed by atoms with Crippen LogP contribution in [0, 0.1) is 0 Å². The summed E-state index contributed by atoms with van der Waals surface area (Å²) >= 11 is 0. The highest BCUT2D eigenvalue weighted by Gasteiger charge is 2.20. The molecule has 0 aliphatic heterocycles. The van der Waals surface area contributed by atoms with E-state index >= 15 is 0 Å². The highest BCUT2D eigenvalue weighted by molar-refractivity contribution is 6.15. The van der Waals surface area contributed by atoms with Crippen molar-refractivity contribution in [3.8, 4) is 50.7 Å². The van der Waals surface area contributed by atoms with Gasteiger partial charge in [0.25, 0.3) is 0 Å². The van der Waals surface area contributed by atoms with Crippen LogP contribution in [0.2, 0.25) is 0 Å². The van der Waals surface area contributed by atoms with Crippen molar-refractivity contribution in [1.29, 1.82) is 0 Å². The molecule has 3 heterocycles. The fourth-order valence-electron chi connectivity index (χ4n) is 7.27. The maximum atomic E-state index is 6.18. The van der Waals surface area contributed by atoms with E-state index in [1.165, 1.54) is 11.1 Å². The number of hydrogen-bond donors (Lipinski definition) is 0. The second-order valence-corrected chi connectivity index (χ2v) is 12.6. The number of rotatable bonds is 5. The molecule has 4 nitrogen and oxygen atoms in total. The molecule has 0 aliphatic rings. The molecule has 4 heteroatoms. The van der Waals surface area contributed by atoms with Crippen LogP contribution in [-0.2, 0) is 0 Å². The second kappa shape index (κ2) is 11.4. The Hall–Kier alpha value is -6.78. The first-order valence-corrected chi connectivity index (χ1v) is 16.8. The molecule has 3 aromatic heterocycles. The van der Waals surface area contributed by atoms with Crippen LogP contribution < -0.4 is 0 Å². The van der Waals surface area contributed by atoms with Gasteiger partial charge >= 0.3 is 0 Å². The molecule has 234 valence electrons. The van der Waals surface area contributed by atoms with E-state index in [-0.39, 0.29) is 0 Å². The standard InChI is InChI=1S/C46H29N3O/c1-3-12-30(13-4-1)31-22-24-33(25-23-31)40-29-39(32-14-5-2-6-15-32)47-46(48-40)37-18-11-20-42-45(37)36-17-7-9-19-41(36)49(42)34-26-27-44-38(28-34)35-16-8-10-21-43(35)50-44/h1-29H. The van der Waals surface area contributed by atoms with Gasteiger partial charge in [0.05, 0.1) is 22.4 Å². The predicted octanol–water partition coefficient (Wildman–Crippen LogP) is 12.1. The number of nitrogens with zero attached hydrogens (tertiary/aromatic N) is 3. The average Bonchev–Trinajstić information content (AvgIpc) is 3.74. The van der Waals surface area contributed by atoms with Crippen LogP contribution in [0.3, 0.4) is 0 Å². The Morgan fingerprint density at radius 1 is 0.400 bits per heavy atom. The summed E-state index contributed by atoms with van der Waals surface area (Å²) in [5, 5.41) is 4.48. The van der Waals surface area contributed by atoms with Gasteiger partial charge in [-0.3, -0.25) is 0 Å². The van der Waals surface area contributed by atoms with Crippen LogP contribution in [0.25, 0.3) is 94.5 Å². The normalized spacial score (nSPS) is 11.6. The van der Waals surface area contributed by atoms with Gasteiger partial charge in [-0.25, -0.2) is 9.97 Å². The Balaban J connectivity index is 1.19. The quantitative estimate of drug-likeness (QED) is 0.188. The molecule has 50 heavy (non-hydrogen) atoms. The number of aromatic nitrogens is 3. The molecule has 0 saturated heterocycles. The largest absolute Gasteiger partial charge is 0.456 e. The Morgan fingerprint density at radius 3 is 1.76 bits per heavy atom. The van der Waals surface area contributed by atoms with Crippen LogP contribution in [0.5, 0.6) is 0 Å². The fraction of sp³-hybridized carbons (Fsp3) is 0. The third kappa shape index (κ3) is 4.61. The number of benzene rings is 7. The molecule has 7 aromatic carbocycles. The van der Waals surface area contributed by atoms with Crippen LogP contribution in [0.15, 0.2) is 180 Å². The van der Waals surface area contributed by atoms with Crippen molar-refractivity contribution >= 4 is 43.7 Å². The number of fused-ring (bicyclic) bond motifs is 6. The molecular formula is C46H29N3O. The van der Waals surface area contributed by atoms with Crippen molar-refractivity contribution in [2.75, 3.05) is 0 Å². The second-order valence-electron chi connectivity index (χ2n) is 12.6. The van der Waals surface area contributed by atoms with Gasteiger partial charge in [0.15, 0.2) is 5.82 Å². The van der Waals surface area contributed by atoms with E-state index in [2.05, 4.69) is 156 Å². The Bertz CT molecular complexity index is 2850. The number of hydrogen-bond acceptors (Lipinski definition) is 3. The number of para-hydroxylation sites is 2. The third-order valence-corrected chi connectivity index (χ3v) is 9.64. The average molecular weight is 640 g/mol. The van der Waals surface area contributed by atoms with Gasteiger partial charge in [-0.15, -0.1) is 0 Å². The maximum absolute atomic E-state index is 6.18. The molecule has 0 unspecified atom stereocenters. The van der Waals surface area contributed by atoms with Gasteiger partial charge in [-0.05, 0) is 53.6 Å². The van der Waals surface area contributed by atoms with Crippen molar-refractivity contribution in [3.05, 3.63) is 176 Å². The number of furan rings is 1. The van der Waals surface area contributed by atoms with Crippen LogP contribution in [0.1, 0.15) is 0 Å². The molecule has 10 aromatic rings. The summed E-state index contributed by atoms with van der Waals surface area (Å²) in [6.07, 6.45) is 0. The molecule has 0 atom stereocenters. The highest BCUT2D eigenvalue weighted by Crippen LogP contribution is 2.40. The lowest BCUT2D eigenvalue weighted by Crippen LogP contribution is -1.97. The highest BCUT2D eigenvalue weighted by atomic mass is 16.3. The fourth-order valence-corrected chi connectivity index (χ4v) is 7.27. The van der Waals surface area contributed by atoms with Crippen molar-refractivity contribution in [2.45, 2.75) is 0 Å². The monoisotopic (exact) mass is 639 g/mol. The Morgan fingerprint density at radius 2 is 0.980 bits per heavy atom. The first kappa shape index (κ1) is 28.3. The van der Waals surface area contributed by atoms with Crippen molar-refractivity contribution in [3.63, 3.8) is 0 Å². The maximum Gasteiger partial charge on any atom is 0.161 e. The molecule has 0 bridgehead atoms. The van der Waals surface area contributed by atoms with Crippen LogP contribution >= 0.6 is 0 Å². The molecule has 0 N–H and O–H groups in total. The molecule has 10 rings (SSSR count). The molecule has 0 saturated carbocycles. The first-order valence-electron chi connectivity index (χ1n) is 16.8. The van der Waals surface area contributed by atoms with Gasteiger partial charge < -0.3 is 8.98 Å². The Labute approximate surface area is 288 Å². The molecule has 0 amide bonds. The smallest absolute Gasteiger partial charge is 0.161 e. The van der Waals surface area contributed by atoms with Crippen molar-refractivity contribution < 1.29 is 4.42 Å². The summed E-state index contributed by atoms with van der Waals surface area (Å²) in [5.41, 5.74) is 12.3. The lowest BCUT2D eigenvalue weighted by atomic mass is 10.0. The molecular weight excluding hydrogens is 611 g/mol. The third-order valence-electron chi connectivity index (χ3n) is 9.64. The minimum absolute atomic E-state index is 0.693. The van der Waals surface area contributed by atoms with E-state index < -0.39 is 0 Å². The topological polar surface area (TPSA) is 43.9 Å². The van der Waals surface area contributed by atoms with E-state index in [1.54, 1.807) is 0 Å². The summed E-state index contributed by atoms with van der Waals surface area (Å²) in [6.45, 7) is 0. The molecule has 0 fully saturated rings. The van der Waals surface area contributed by atoms with E-state index in [1.807, 2.05) is 24.3 Å². The molecule has 0 radical (unpaired) electrons. The molecule has 0 aliphatic carbocycles. The summed E-state index contributed by atoms with van der Waals surface area (Å²) < 4.78 is 8.52. The lowest BCUT2D eigenvalue weighted by molar-refractivity contribution is 0.669. The van der Waals surface area contributed by atoms with Crippen LogP contribution in [-0.4, -0.2) is 14.5 Å². The van der Waals surface area contributed by atoms with Crippen LogP contribution in [0.4, 0.5) is 0 Å². The first-order chi connectivity index (χ1) is 24.8. The SMILES string of the molecule is c1ccc(-c2ccc(-c3cc(-c4ccccc4)nc(-c4cccc5c4c4ccccc4n5-c4ccc5oc6ccccc6c5c4)n3)cc2)cc1. The minimum Gasteiger partial charge on any atom is -0.456 e. The van der Waals surface area contributed by atoms with Gasteiger partial charge in [-0.1, -0.05) is 133 Å². The van der Waals surface area contributed by atoms with Gasteiger partial charge in [-0.2, -0.15) is 0 Å². The van der Waals surface area contributed by atoms with Crippen molar-refractivity contribution in [1.82, 2.24) is 14.5 Å². The van der Waals surface area contributed by atoms with Gasteiger partial charge in [0.1, 0.15) is 11.2 Å². The minimum atomic E-state index is 0.693. The summed E-state index contributed by atoms with van der Waals surface area (Å²) in [4.78, 5) is 10.5. The van der Waals surface area contributed by atoms with Gasteiger partial charge in [0.2, 0.25) is 0 Å². The Kier molecular flexibility index (Phi) is 6.46. The van der Waals surface area contributed by atoms with Crippen molar-refractivity contribution in [2.24, 2.45) is 0 Å². The summed E-state index contributed by atoms with van der Waals surface area (Å²) in [7, 11) is 0. The molecule has 0 spiro atoms. The van der Waals surface area contributed by atoms with Gasteiger partial charge in [0, 0.05) is 43.9 Å². The van der Waals surface area contributed by atoms with E-state index in [4.69, 9.17) is 14.4 Å². The van der Waals surface area contributed by atoms with E-state index in [0.717, 1.165) is 77.5 Å².